The predicted octanol–water partition coefficient (Wildman–Crippen LogP) is 3.81. The average molecular weight is 332 g/mol. The lowest BCUT2D eigenvalue weighted by Crippen LogP contribution is -2.26. The first-order valence-electron chi connectivity index (χ1n) is 6.26. The van der Waals surface area contributed by atoms with E-state index in [-0.39, 0.29) is 11.1 Å². The van der Waals surface area contributed by atoms with Gasteiger partial charge >= 0.3 is 0 Å². The minimum Gasteiger partial charge on any atom is -0.352 e. The van der Waals surface area contributed by atoms with Crippen LogP contribution in [0.2, 0.25) is 5.15 Å². The highest BCUT2D eigenvalue weighted by atomic mass is 79.9. The van der Waals surface area contributed by atoms with E-state index in [1.165, 1.54) is 25.7 Å². The highest BCUT2D eigenvalue weighted by Crippen LogP contribution is 2.27. The molecular weight excluding hydrogens is 316 g/mol. The van der Waals surface area contributed by atoms with Gasteiger partial charge in [0.2, 0.25) is 0 Å². The first-order valence-corrected chi connectivity index (χ1v) is 7.43. The van der Waals surface area contributed by atoms with Crippen molar-refractivity contribution in [3.8, 4) is 0 Å². The third kappa shape index (κ3) is 3.69. The molecule has 1 heterocycles. The molecule has 0 bridgehead atoms. The summed E-state index contributed by atoms with van der Waals surface area (Å²) in [6.45, 7) is 0.715. The van der Waals surface area contributed by atoms with Crippen LogP contribution in [0.4, 0.5) is 0 Å². The fourth-order valence-electron chi connectivity index (χ4n) is 2.37. The first-order chi connectivity index (χ1) is 8.66. The van der Waals surface area contributed by atoms with Gasteiger partial charge in [-0.3, -0.25) is 4.79 Å². The Balaban J connectivity index is 1.85. The Bertz CT molecular complexity index is 433. The molecule has 1 N–H and O–H groups in total. The third-order valence-corrected chi connectivity index (χ3v) is 4.10. The molecular formula is C13H16BrClN2O. The number of hydrogen-bond donors (Lipinski definition) is 1. The van der Waals surface area contributed by atoms with Crippen LogP contribution in [-0.2, 0) is 0 Å². The topological polar surface area (TPSA) is 42.0 Å². The van der Waals surface area contributed by atoms with Crippen molar-refractivity contribution >= 4 is 33.4 Å². The van der Waals surface area contributed by atoms with E-state index in [4.69, 9.17) is 11.6 Å². The number of hydrogen-bond acceptors (Lipinski definition) is 2. The molecule has 1 aliphatic rings. The van der Waals surface area contributed by atoms with Crippen molar-refractivity contribution in [2.75, 3.05) is 6.54 Å². The van der Waals surface area contributed by atoms with Crippen molar-refractivity contribution < 1.29 is 4.79 Å². The zero-order chi connectivity index (χ0) is 13.0. The van der Waals surface area contributed by atoms with Gasteiger partial charge in [0, 0.05) is 17.2 Å². The number of pyridine rings is 1. The smallest absolute Gasteiger partial charge is 0.254 e. The van der Waals surface area contributed by atoms with E-state index >= 15 is 0 Å². The summed E-state index contributed by atoms with van der Waals surface area (Å²) in [6, 6.07) is 1.69. The largest absolute Gasteiger partial charge is 0.352 e. The molecule has 0 saturated heterocycles. The number of aromatic nitrogens is 1. The van der Waals surface area contributed by atoms with Gasteiger partial charge in [-0.15, -0.1) is 0 Å². The molecule has 2 rings (SSSR count). The molecule has 0 unspecified atom stereocenters. The van der Waals surface area contributed by atoms with Gasteiger partial charge in [-0.25, -0.2) is 4.98 Å². The molecule has 0 radical (unpaired) electrons. The summed E-state index contributed by atoms with van der Waals surface area (Å²) in [7, 11) is 0. The number of nitrogens with one attached hydrogen (secondary N) is 1. The van der Waals surface area contributed by atoms with Crippen LogP contribution in [0.25, 0.3) is 0 Å². The minimum absolute atomic E-state index is 0.146. The van der Waals surface area contributed by atoms with Crippen molar-refractivity contribution in [3.63, 3.8) is 0 Å². The van der Waals surface area contributed by atoms with Crippen LogP contribution < -0.4 is 5.32 Å². The summed E-state index contributed by atoms with van der Waals surface area (Å²) in [6.07, 6.45) is 7.91. The lowest BCUT2D eigenvalue weighted by atomic mass is 10.0. The highest BCUT2D eigenvalue weighted by molar-refractivity contribution is 9.10. The van der Waals surface area contributed by atoms with Crippen LogP contribution >= 0.6 is 27.5 Å². The summed E-state index contributed by atoms with van der Waals surface area (Å²) < 4.78 is 0.757. The fourth-order valence-corrected chi connectivity index (χ4v) is 2.89. The van der Waals surface area contributed by atoms with Gasteiger partial charge in [-0.2, -0.15) is 0 Å². The fraction of sp³-hybridized carbons (Fsp3) is 0.538. The third-order valence-electron chi connectivity index (χ3n) is 3.36. The quantitative estimate of drug-likeness (QED) is 0.853. The van der Waals surface area contributed by atoms with Crippen molar-refractivity contribution in [1.29, 1.82) is 0 Å². The molecule has 0 atom stereocenters. The highest BCUT2D eigenvalue weighted by Gasteiger charge is 2.16. The Hall–Kier alpha value is -0.610. The van der Waals surface area contributed by atoms with E-state index in [1.54, 1.807) is 12.3 Å². The second-order valence-corrected chi connectivity index (χ2v) is 5.96. The van der Waals surface area contributed by atoms with Gasteiger partial charge in [-0.05, 0) is 34.3 Å². The zero-order valence-electron chi connectivity index (χ0n) is 10.1. The second-order valence-electron chi connectivity index (χ2n) is 4.69. The number of halogens is 2. The minimum atomic E-state index is -0.146. The molecule has 1 aromatic heterocycles. The Labute approximate surface area is 120 Å². The lowest BCUT2D eigenvalue weighted by Gasteiger charge is -2.10. The normalized spacial score (nSPS) is 15.9. The monoisotopic (exact) mass is 330 g/mol. The number of amides is 1. The van der Waals surface area contributed by atoms with E-state index in [0.29, 0.717) is 12.1 Å². The van der Waals surface area contributed by atoms with Crippen LogP contribution in [0.3, 0.4) is 0 Å². The van der Waals surface area contributed by atoms with Gasteiger partial charge in [0.25, 0.3) is 5.91 Å². The summed E-state index contributed by atoms with van der Waals surface area (Å²) in [4.78, 5) is 15.9. The molecule has 1 aromatic rings. The van der Waals surface area contributed by atoms with Gasteiger partial charge in [0.05, 0.1) is 5.56 Å². The molecule has 1 aliphatic carbocycles. The average Bonchev–Trinajstić information content (AvgIpc) is 2.85. The standard InChI is InChI=1S/C13H16BrClN2O/c14-10-7-11(12(15)17-8-10)13(18)16-6-5-9-3-1-2-4-9/h7-9H,1-6H2,(H,16,18). The molecule has 0 spiro atoms. The molecule has 18 heavy (non-hydrogen) atoms. The van der Waals surface area contributed by atoms with Gasteiger partial charge in [0.1, 0.15) is 5.15 Å². The van der Waals surface area contributed by atoms with Gasteiger partial charge < -0.3 is 5.32 Å². The Morgan fingerprint density at radius 2 is 2.22 bits per heavy atom. The molecule has 1 saturated carbocycles. The number of carbonyl (C=O) groups excluding carboxylic acids is 1. The molecule has 1 fully saturated rings. The molecule has 0 aliphatic heterocycles. The zero-order valence-corrected chi connectivity index (χ0v) is 12.4. The molecule has 98 valence electrons. The van der Waals surface area contributed by atoms with E-state index in [9.17, 15) is 4.79 Å². The van der Waals surface area contributed by atoms with E-state index in [0.717, 1.165) is 16.8 Å². The molecule has 0 aromatic carbocycles. The maximum atomic E-state index is 11.9. The van der Waals surface area contributed by atoms with Crippen LogP contribution in [-0.4, -0.2) is 17.4 Å². The van der Waals surface area contributed by atoms with Gasteiger partial charge in [0.15, 0.2) is 0 Å². The van der Waals surface area contributed by atoms with Crippen molar-refractivity contribution in [3.05, 3.63) is 27.5 Å². The summed E-state index contributed by atoms with van der Waals surface area (Å²) in [5.74, 6) is 0.633. The van der Waals surface area contributed by atoms with Crippen molar-refractivity contribution in [2.24, 2.45) is 5.92 Å². The van der Waals surface area contributed by atoms with Crippen LogP contribution in [0, 0.1) is 5.92 Å². The maximum absolute atomic E-state index is 11.9. The first kappa shape index (κ1) is 13.8. The molecule has 5 heteroatoms. The lowest BCUT2D eigenvalue weighted by molar-refractivity contribution is 0.0951. The summed E-state index contributed by atoms with van der Waals surface area (Å²) in [5, 5.41) is 3.16. The van der Waals surface area contributed by atoms with E-state index < -0.39 is 0 Å². The van der Waals surface area contributed by atoms with Gasteiger partial charge in [-0.1, -0.05) is 37.3 Å². The Morgan fingerprint density at radius 3 is 2.94 bits per heavy atom. The van der Waals surface area contributed by atoms with Crippen molar-refractivity contribution in [2.45, 2.75) is 32.1 Å². The second kappa shape index (κ2) is 6.53. The van der Waals surface area contributed by atoms with Crippen LogP contribution in [0.15, 0.2) is 16.7 Å². The van der Waals surface area contributed by atoms with Crippen LogP contribution in [0.5, 0.6) is 0 Å². The number of rotatable bonds is 4. The summed E-state index contributed by atoms with van der Waals surface area (Å²) >= 11 is 9.19. The van der Waals surface area contributed by atoms with E-state index in [2.05, 4.69) is 26.2 Å². The number of nitrogens with zero attached hydrogens (tertiary/aromatic N) is 1. The molecule has 1 amide bonds. The Morgan fingerprint density at radius 1 is 1.50 bits per heavy atom. The van der Waals surface area contributed by atoms with Crippen LogP contribution in [0.1, 0.15) is 42.5 Å². The van der Waals surface area contributed by atoms with E-state index in [1.807, 2.05) is 0 Å². The Kier molecular flexibility index (Phi) is 5.01. The summed E-state index contributed by atoms with van der Waals surface area (Å²) in [5.41, 5.74) is 0.428. The predicted molar refractivity (Wildman–Crippen MR) is 75.9 cm³/mol. The number of carbonyl (C=O) groups is 1. The SMILES string of the molecule is O=C(NCCC1CCCC1)c1cc(Br)cnc1Cl. The molecule has 3 nitrogen and oxygen atoms in total. The van der Waals surface area contributed by atoms with Crippen molar-refractivity contribution in [1.82, 2.24) is 10.3 Å². The maximum Gasteiger partial charge on any atom is 0.254 e.